The van der Waals surface area contributed by atoms with Gasteiger partial charge in [-0.3, -0.25) is 19.1 Å². The van der Waals surface area contributed by atoms with Crippen molar-refractivity contribution in [2.45, 2.75) is 12.6 Å². The van der Waals surface area contributed by atoms with Crippen LogP contribution in [0.1, 0.15) is 23.0 Å². The molecule has 2 aromatic rings. The Kier molecular flexibility index (Phi) is 2.95. The van der Waals surface area contributed by atoms with Gasteiger partial charge < -0.3 is 5.32 Å². The van der Waals surface area contributed by atoms with Crippen molar-refractivity contribution in [1.29, 1.82) is 0 Å². The van der Waals surface area contributed by atoms with Gasteiger partial charge in [0.25, 0.3) is 11.5 Å². The minimum absolute atomic E-state index is 0.166. The Morgan fingerprint density at radius 2 is 2.00 bits per heavy atom. The number of fused-ring (bicyclic) bond motifs is 1. The fourth-order valence-corrected chi connectivity index (χ4v) is 3.22. The molecule has 1 N–H and O–H groups in total. The van der Waals surface area contributed by atoms with Gasteiger partial charge in [0, 0.05) is 18.0 Å². The number of halogens is 2. The zero-order valence-electron chi connectivity index (χ0n) is 10.4. The lowest BCUT2D eigenvalue weighted by Crippen LogP contribution is -2.45. The van der Waals surface area contributed by atoms with E-state index in [2.05, 4.69) is 26.2 Å². The van der Waals surface area contributed by atoms with Crippen molar-refractivity contribution in [2.75, 3.05) is 0 Å². The Labute approximate surface area is 127 Å². The van der Waals surface area contributed by atoms with E-state index in [-0.39, 0.29) is 22.2 Å². The summed E-state index contributed by atoms with van der Waals surface area (Å²) in [5, 5.41) is 3.04. The summed E-state index contributed by atoms with van der Waals surface area (Å²) in [5.41, 5.74) is -0.392. The second-order valence-corrected chi connectivity index (χ2v) is 5.85. The molecule has 0 fully saturated rings. The minimum Gasteiger partial charge on any atom is -0.324 e. The summed E-state index contributed by atoms with van der Waals surface area (Å²) < 4.78 is 1.68. The van der Waals surface area contributed by atoms with Crippen LogP contribution < -0.4 is 10.9 Å². The number of nitrogens with one attached hydrogen (secondary N) is 1. The zero-order chi connectivity index (χ0) is 14.5. The first kappa shape index (κ1) is 13.3. The van der Waals surface area contributed by atoms with Crippen molar-refractivity contribution in [1.82, 2.24) is 14.9 Å². The minimum atomic E-state index is -0.986. The molecule has 2 aromatic heterocycles. The molecule has 1 unspecified atom stereocenters. The molecule has 3 rings (SSSR count). The van der Waals surface area contributed by atoms with E-state index in [9.17, 15) is 9.59 Å². The fraction of sp³-hybridized carbons (Fsp3) is 0.154. The van der Waals surface area contributed by atoms with E-state index in [1.165, 1.54) is 10.6 Å². The second-order valence-electron chi connectivity index (χ2n) is 4.59. The van der Waals surface area contributed by atoms with Crippen LogP contribution in [0, 0.1) is 0 Å². The highest BCUT2D eigenvalue weighted by Gasteiger charge is 2.42. The SMILES string of the molecule is CC1(c2ccncc2)NC(=O)c2c(Cl)cc(Br)c(=O)n21. The number of carbonyl (C=O) groups excluding carboxylic acids is 1. The highest BCUT2D eigenvalue weighted by atomic mass is 79.9. The predicted octanol–water partition coefficient (Wildman–Crippen LogP) is 2.12. The summed E-state index contributed by atoms with van der Waals surface area (Å²) >= 11 is 9.27. The van der Waals surface area contributed by atoms with Gasteiger partial charge in [-0.2, -0.15) is 0 Å². The van der Waals surface area contributed by atoms with Crippen molar-refractivity contribution >= 4 is 33.4 Å². The van der Waals surface area contributed by atoms with Gasteiger partial charge in [-0.15, -0.1) is 0 Å². The fourth-order valence-electron chi connectivity index (χ4n) is 2.41. The Hall–Kier alpha value is -1.66. The summed E-state index contributed by atoms with van der Waals surface area (Å²) in [6.45, 7) is 1.75. The first-order chi connectivity index (χ1) is 9.45. The van der Waals surface area contributed by atoms with Gasteiger partial charge in [0.2, 0.25) is 0 Å². The van der Waals surface area contributed by atoms with Gasteiger partial charge in [0.15, 0.2) is 0 Å². The zero-order valence-corrected chi connectivity index (χ0v) is 12.7. The molecule has 0 saturated heterocycles. The molecule has 0 spiro atoms. The largest absolute Gasteiger partial charge is 0.324 e. The first-order valence-electron chi connectivity index (χ1n) is 5.79. The molecule has 0 aliphatic carbocycles. The molecule has 20 heavy (non-hydrogen) atoms. The van der Waals surface area contributed by atoms with E-state index in [0.717, 1.165) is 5.56 Å². The number of pyridine rings is 2. The molecule has 3 heterocycles. The van der Waals surface area contributed by atoms with Crippen molar-refractivity contribution in [3.63, 3.8) is 0 Å². The molecule has 5 nitrogen and oxygen atoms in total. The Balaban J connectivity index is 2.37. The number of amides is 1. The Bertz CT molecular complexity index is 775. The van der Waals surface area contributed by atoms with Gasteiger partial charge in [0.1, 0.15) is 11.4 Å². The second kappa shape index (κ2) is 4.43. The average molecular weight is 355 g/mol. The number of aromatic nitrogens is 2. The molecular weight excluding hydrogens is 346 g/mol. The van der Waals surface area contributed by atoms with E-state index < -0.39 is 5.66 Å². The smallest absolute Gasteiger partial charge is 0.271 e. The van der Waals surface area contributed by atoms with Crippen LogP contribution in [0.4, 0.5) is 0 Å². The van der Waals surface area contributed by atoms with E-state index >= 15 is 0 Å². The number of carbonyl (C=O) groups is 1. The van der Waals surface area contributed by atoms with Crippen molar-refractivity contribution in [2.24, 2.45) is 0 Å². The summed E-state index contributed by atoms with van der Waals surface area (Å²) in [7, 11) is 0. The molecule has 1 amide bonds. The van der Waals surface area contributed by atoms with Gasteiger partial charge >= 0.3 is 0 Å². The predicted molar refractivity (Wildman–Crippen MR) is 77.9 cm³/mol. The molecule has 1 atom stereocenters. The van der Waals surface area contributed by atoms with E-state index in [1.54, 1.807) is 31.5 Å². The highest BCUT2D eigenvalue weighted by Crippen LogP contribution is 2.32. The maximum atomic E-state index is 12.4. The molecule has 7 heteroatoms. The number of rotatable bonds is 1. The topological polar surface area (TPSA) is 64.0 Å². The van der Waals surface area contributed by atoms with Gasteiger partial charge in [-0.25, -0.2) is 0 Å². The van der Waals surface area contributed by atoms with Crippen LogP contribution in [-0.2, 0) is 5.66 Å². The molecule has 1 aliphatic rings. The quantitative estimate of drug-likeness (QED) is 0.853. The maximum absolute atomic E-state index is 12.4. The normalized spacial score (nSPS) is 20.6. The third-order valence-corrected chi connectivity index (χ3v) is 4.23. The van der Waals surface area contributed by atoms with E-state index in [4.69, 9.17) is 11.6 Å². The molecule has 0 aromatic carbocycles. The van der Waals surface area contributed by atoms with Crippen LogP contribution in [-0.4, -0.2) is 15.5 Å². The standard InChI is InChI=1S/C13H9BrClN3O2/c1-13(7-2-4-16-5-3-7)17-11(19)10-9(15)6-8(14)12(20)18(10)13/h2-6H,1H3,(H,17,19). The summed E-state index contributed by atoms with van der Waals surface area (Å²) in [6, 6.07) is 4.93. The maximum Gasteiger partial charge on any atom is 0.271 e. The summed E-state index contributed by atoms with van der Waals surface area (Å²) in [4.78, 5) is 28.5. The van der Waals surface area contributed by atoms with Crippen molar-refractivity contribution < 1.29 is 4.79 Å². The monoisotopic (exact) mass is 353 g/mol. The van der Waals surface area contributed by atoms with Crippen LogP contribution >= 0.6 is 27.5 Å². The third-order valence-electron chi connectivity index (χ3n) is 3.37. The third kappa shape index (κ3) is 1.72. The molecule has 102 valence electrons. The van der Waals surface area contributed by atoms with Crippen LogP contribution in [0.2, 0.25) is 5.02 Å². The van der Waals surface area contributed by atoms with E-state index in [1.807, 2.05) is 0 Å². The lowest BCUT2D eigenvalue weighted by molar-refractivity contribution is 0.0941. The molecule has 0 radical (unpaired) electrons. The lowest BCUT2D eigenvalue weighted by atomic mass is 10.0. The Morgan fingerprint density at radius 3 is 2.65 bits per heavy atom. The first-order valence-corrected chi connectivity index (χ1v) is 6.97. The molecule has 1 aliphatic heterocycles. The number of nitrogens with zero attached hydrogens (tertiary/aromatic N) is 2. The van der Waals surface area contributed by atoms with Crippen molar-refractivity contribution in [3.8, 4) is 0 Å². The average Bonchev–Trinajstić information content (AvgIpc) is 2.70. The van der Waals surface area contributed by atoms with Crippen LogP contribution in [0.3, 0.4) is 0 Å². The van der Waals surface area contributed by atoms with Crippen LogP contribution in [0.15, 0.2) is 39.9 Å². The lowest BCUT2D eigenvalue weighted by Gasteiger charge is -2.27. The van der Waals surface area contributed by atoms with Crippen LogP contribution in [0.5, 0.6) is 0 Å². The molecule has 0 saturated carbocycles. The van der Waals surface area contributed by atoms with Gasteiger partial charge in [-0.05, 0) is 41.1 Å². The van der Waals surface area contributed by atoms with Crippen molar-refractivity contribution in [3.05, 3.63) is 61.7 Å². The van der Waals surface area contributed by atoms with Gasteiger partial charge in [0.05, 0.1) is 9.50 Å². The van der Waals surface area contributed by atoms with E-state index in [0.29, 0.717) is 4.47 Å². The number of hydrogen-bond donors (Lipinski definition) is 1. The summed E-state index contributed by atoms with van der Waals surface area (Å²) in [5.74, 6) is -0.376. The molecular formula is C13H9BrClN3O2. The molecule has 0 bridgehead atoms. The highest BCUT2D eigenvalue weighted by molar-refractivity contribution is 9.10. The Morgan fingerprint density at radius 1 is 1.35 bits per heavy atom. The number of hydrogen-bond acceptors (Lipinski definition) is 3. The van der Waals surface area contributed by atoms with Crippen LogP contribution in [0.25, 0.3) is 0 Å². The van der Waals surface area contributed by atoms with Gasteiger partial charge in [-0.1, -0.05) is 11.6 Å². The summed E-state index contributed by atoms with van der Waals surface area (Å²) in [6.07, 6.45) is 3.21.